The van der Waals surface area contributed by atoms with E-state index in [0.717, 1.165) is 24.8 Å². The molecule has 6 heteroatoms. The van der Waals surface area contributed by atoms with Crippen molar-refractivity contribution in [1.82, 2.24) is 9.80 Å². The average molecular weight is 367 g/mol. The van der Waals surface area contributed by atoms with Crippen LogP contribution in [0, 0.1) is 5.82 Å². The predicted molar refractivity (Wildman–Crippen MR) is 99.6 cm³/mol. The molecular weight excluding hydrogens is 339 g/mol. The molecule has 1 heterocycles. The van der Waals surface area contributed by atoms with Crippen LogP contribution >= 0.6 is 11.8 Å². The van der Waals surface area contributed by atoms with Crippen molar-refractivity contribution in [3.63, 3.8) is 0 Å². The Kier molecular flexibility index (Phi) is 7.75. The van der Waals surface area contributed by atoms with Crippen molar-refractivity contribution in [1.29, 1.82) is 0 Å². The normalized spacial score (nSPS) is 16.9. The molecule has 4 nitrogen and oxygen atoms in total. The van der Waals surface area contributed by atoms with Crippen molar-refractivity contribution < 1.29 is 14.0 Å². The fraction of sp³-hybridized carbons (Fsp3) is 0.579. The maximum Gasteiger partial charge on any atom is 0.246 e. The highest BCUT2D eigenvalue weighted by Gasteiger charge is 2.36. The molecule has 1 saturated heterocycles. The molecule has 0 aliphatic carbocycles. The zero-order valence-electron chi connectivity index (χ0n) is 15.0. The van der Waals surface area contributed by atoms with Gasteiger partial charge < -0.3 is 9.80 Å². The number of carbonyl (C=O) groups excluding carboxylic acids is 2. The summed E-state index contributed by atoms with van der Waals surface area (Å²) >= 11 is 1.62. The zero-order valence-corrected chi connectivity index (χ0v) is 15.9. The Morgan fingerprint density at radius 3 is 2.60 bits per heavy atom. The largest absolute Gasteiger partial charge is 0.337 e. The molecule has 2 amide bonds. The fourth-order valence-electron chi connectivity index (χ4n) is 2.94. The number of benzene rings is 1. The SMILES string of the molecule is CCCCCN(Cc1ccc(F)cc1)C(=O)C1CSCN1C(=O)CC. The van der Waals surface area contributed by atoms with Crippen molar-refractivity contribution >= 4 is 23.6 Å². The highest BCUT2D eigenvalue weighted by atomic mass is 32.2. The Labute approximate surface area is 153 Å². The first-order valence-corrected chi connectivity index (χ1v) is 10.1. The maximum absolute atomic E-state index is 13.1. The van der Waals surface area contributed by atoms with Crippen LogP contribution in [-0.4, -0.2) is 45.8 Å². The summed E-state index contributed by atoms with van der Waals surface area (Å²) in [6.07, 6.45) is 3.49. The second kappa shape index (κ2) is 9.80. The van der Waals surface area contributed by atoms with E-state index in [4.69, 9.17) is 0 Å². The lowest BCUT2D eigenvalue weighted by Crippen LogP contribution is -2.48. The van der Waals surface area contributed by atoms with Gasteiger partial charge in [0.2, 0.25) is 11.8 Å². The van der Waals surface area contributed by atoms with Gasteiger partial charge in [0.25, 0.3) is 0 Å². The van der Waals surface area contributed by atoms with Crippen molar-refractivity contribution in [3.8, 4) is 0 Å². The van der Waals surface area contributed by atoms with Crippen LogP contribution in [0.4, 0.5) is 4.39 Å². The lowest BCUT2D eigenvalue weighted by Gasteiger charge is -2.30. The van der Waals surface area contributed by atoms with Crippen LogP contribution in [0.1, 0.15) is 45.1 Å². The molecule has 0 spiro atoms. The van der Waals surface area contributed by atoms with Gasteiger partial charge in [-0.2, -0.15) is 0 Å². The summed E-state index contributed by atoms with van der Waals surface area (Å²) in [5.74, 6) is 0.992. The third-order valence-corrected chi connectivity index (χ3v) is 5.43. The lowest BCUT2D eigenvalue weighted by atomic mass is 10.1. The van der Waals surface area contributed by atoms with E-state index in [1.165, 1.54) is 12.1 Å². The first-order chi connectivity index (χ1) is 12.1. The topological polar surface area (TPSA) is 40.6 Å². The Morgan fingerprint density at radius 2 is 1.96 bits per heavy atom. The van der Waals surface area contributed by atoms with Crippen molar-refractivity contribution in [3.05, 3.63) is 35.6 Å². The Balaban J connectivity index is 2.11. The number of hydrogen-bond acceptors (Lipinski definition) is 3. The highest BCUT2D eigenvalue weighted by molar-refractivity contribution is 7.99. The number of nitrogens with zero attached hydrogens (tertiary/aromatic N) is 2. The van der Waals surface area contributed by atoms with E-state index in [1.807, 2.05) is 11.8 Å². The first-order valence-electron chi connectivity index (χ1n) is 8.97. The average Bonchev–Trinajstić information content (AvgIpc) is 3.11. The summed E-state index contributed by atoms with van der Waals surface area (Å²) in [5.41, 5.74) is 0.908. The van der Waals surface area contributed by atoms with Gasteiger partial charge in [0, 0.05) is 25.3 Å². The van der Waals surface area contributed by atoms with Crippen LogP contribution < -0.4 is 0 Å². The molecule has 138 valence electrons. The minimum Gasteiger partial charge on any atom is -0.337 e. The van der Waals surface area contributed by atoms with Crippen LogP contribution in [-0.2, 0) is 16.1 Å². The number of rotatable bonds is 8. The molecule has 1 unspecified atom stereocenters. The predicted octanol–water partition coefficient (Wildman–Crippen LogP) is 3.66. The van der Waals surface area contributed by atoms with Crippen LogP contribution in [0.5, 0.6) is 0 Å². The summed E-state index contributed by atoms with van der Waals surface area (Å²) in [5, 5.41) is 0. The summed E-state index contributed by atoms with van der Waals surface area (Å²) < 4.78 is 13.1. The van der Waals surface area contributed by atoms with E-state index in [0.29, 0.717) is 31.1 Å². The Morgan fingerprint density at radius 1 is 1.24 bits per heavy atom. The van der Waals surface area contributed by atoms with Crippen LogP contribution in [0.25, 0.3) is 0 Å². The molecule has 0 radical (unpaired) electrons. The molecule has 2 rings (SSSR count). The number of thioether (sulfide) groups is 1. The molecule has 0 saturated carbocycles. The third-order valence-electron chi connectivity index (χ3n) is 4.42. The molecule has 25 heavy (non-hydrogen) atoms. The fourth-order valence-corrected chi connectivity index (χ4v) is 4.11. The minimum absolute atomic E-state index is 0.00669. The van der Waals surface area contributed by atoms with E-state index < -0.39 is 0 Å². The molecule has 1 aliphatic heterocycles. The molecule has 0 N–H and O–H groups in total. The van der Waals surface area contributed by atoms with Crippen molar-refractivity contribution in [2.24, 2.45) is 0 Å². The standard InChI is InChI=1S/C19H27FN2O2S/c1-3-5-6-11-21(12-15-7-9-16(20)10-8-15)19(24)17-13-25-14-22(17)18(23)4-2/h7-10,17H,3-6,11-14H2,1-2H3. The van der Waals surface area contributed by atoms with Crippen LogP contribution in [0.15, 0.2) is 24.3 Å². The van der Waals surface area contributed by atoms with Crippen LogP contribution in [0.2, 0.25) is 0 Å². The molecule has 1 atom stereocenters. The van der Waals surface area contributed by atoms with Crippen molar-refractivity contribution in [2.45, 2.75) is 52.1 Å². The summed E-state index contributed by atoms with van der Waals surface area (Å²) in [6, 6.07) is 5.89. The van der Waals surface area contributed by atoms with E-state index in [2.05, 4.69) is 6.92 Å². The van der Waals surface area contributed by atoms with Gasteiger partial charge in [0.15, 0.2) is 0 Å². The van der Waals surface area contributed by atoms with Gasteiger partial charge in [-0.1, -0.05) is 38.8 Å². The highest BCUT2D eigenvalue weighted by Crippen LogP contribution is 2.24. The zero-order chi connectivity index (χ0) is 18.2. The van der Waals surface area contributed by atoms with E-state index in [-0.39, 0.29) is 23.7 Å². The van der Waals surface area contributed by atoms with Crippen LogP contribution in [0.3, 0.4) is 0 Å². The number of hydrogen-bond donors (Lipinski definition) is 0. The lowest BCUT2D eigenvalue weighted by molar-refractivity contribution is -0.143. The van der Waals surface area contributed by atoms with Gasteiger partial charge >= 0.3 is 0 Å². The Hall–Kier alpha value is -1.56. The van der Waals surface area contributed by atoms with Gasteiger partial charge in [-0.3, -0.25) is 9.59 Å². The molecule has 1 aromatic rings. The second-order valence-corrected chi connectivity index (χ2v) is 7.33. The minimum atomic E-state index is -0.375. The molecule has 1 fully saturated rings. The van der Waals surface area contributed by atoms with Crippen molar-refractivity contribution in [2.75, 3.05) is 18.2 Å². The molecule has 0 bridgehead atoms. The number of carbonyl (C=O) groups is 2. The number of halogens is 1. The van der Waals surface area contributed by atoms with E-state index >= 15 is 0 Å². The second-order valence-electron chi connectivity index (χ2n) is 6.33. The van der Waals surface area contributed by atoms with Gasteiger partial charge in [0.05, 0.1) is 5.88 Å². The maximum atomic E-state index is 13.1. The molecule has 1 aromatic carbocycles. The van der Waals surface area contributed by atoms with E-state index in [9.17, 15) is 14.0 Å². The molecule has 1 aliphatic rings. The smallest absolute Gasteiger partial charge is 0.246 e. The van der Waals surface area contributed by atoms with Gasteiger partial charge in [-0.05, 0) is 24.1 Å². The molecule has 0 aromatic heterocycles. The Bertz CT molecular complexity index is 579. The van der Waals surface area contributed by atoms with Gasteiger partial charge in [0.1, 0.15) is 11.9 Å². The quantitative estimate of drug-likeness (QED) is 0.659. The molecular formula is C19H27FN2O2S. The first kappa shape index (κ1) is 19.8. The number of amides is 2. The summed E-state index contributed by atoms with van der Waals surface area (Å²) in [7, 11) is 0. The summed E-state index contributed by atoms with van der Waals surface area (Å²) in [4.78, 5) is 28.7. The third kappa shape index (κ3) is 5.46. The van der Waals surface area contributed by atoms with E-state index in [1.54, 1.807) is 28.8 Å². The van der Waals surface area contributed by atoms with Gasteiger partial charge in [-0.15, -0.1) is 11.8 Å². The monoisotopic (exact) mass is 366 g/mol. The van der Waals surface area contributed by atoms with Gasteiger partial charge in [-0.25, -0.2) is 4.39 Å². The number of unbranched alkanes of at least 4 members (excludes halogenated alkanes) is 2. The summed E-state index contributed by atoms with van der Waals surface area (Å²) in [6.45, 7) is 5.07.